The standard InChI is InChI=1S/C15H21BrFN/c1-2-10-3-4-12(5-10)15(18)8-11-6-13(16)9-14(17)7-11/h6-7,9-10,12,15H,2-5,8,18H2,1H3. The lowest BCUT2D eigenvalue weighted by molar-refractivity contribution is 0.404. The average molecular weight is 314 g/mol. The van der Waals surface area contributed by atoms with Crippen LogP contribution >= 0.6 is 15.9 Å². The van der Waals surface area contributed by atoms with Crippen LogP contribution < -0.4 is 5.73 Å². The Labute approximate surface area is 117 Å². The molecule has 0 aliphatic heterocycles. The summed E-state index contributed by atoms with van der Waals surface area (Å²) in [5.41, 5.74) is 7.29. The lowest BCUT2D eigenvalue weighted by atomic mass is 9.92. The summed E-state index contributed by atoms with van der Waals surface area (Å²) in [5.74, 6) is 1.27. The molecular weight excluding hydrogens is 293 g/mol. The van der Waals surface area contributed by atoms with Crippen molar-refractivity contribution in [1.82, 2.24) is 0 Å². The Morgan fingerprint density at radius 3 is 2.78 bits per heavy atom. The van der Waals surface area contributed by atoms with Gasteiger partial charge in [-0.2, -0.15) is 0 Å². The molecule has 3 unspecified atom stereocenters. The Bertz CT molecular complexity index is 387. The van der Waals surface area contributed by atoms with E-state index in [1.165, 1.54) is 31.7 Å². The maximum absolute atomic E-state index is 13.3. The fraction of sp³-hybridized carbons (Fsp3) is 0.600. The molecule has 0 aromatic heterocycles. The highest BCUT2D eigenvalue weighted by atomic mass is 79.9. The number of benzene rings is 1. The van der Waals surface area contributed by atoms with Gasteiger partial charge in [-0.15, -0.1) is 0 Å². The summed E-state index contributed by atoms with van der Waals surface area (Å²) in [4.78, 5) is 0. The van der Waals surface area contributed by atoms with Gasteiger partial charge in [0.25, 0.3) is 0 Å². The summed E-state index contributed by atoms with van der Waals surface area (Å²) in [6.45, 7) is 2.25. The number of hydrogen-bond donors (Lipinski definition) is 1. The van der Waals surface area contributed by atoms with Gasteiger partial charge in [-0.05, 0) is 54.9 Å². The van der Waals surface area contributed by atoms with Gasteiger partial charge in [-0.25, -0.2) is 4.39 Å². The zero-order valence-corrected chi connectivity index (χ0v) is 12.4. The van der Waals surface area contributed by atoms with Gasteiger partial charge in [0.15, 0.2) is 0 Å². The zero-order chi connectivity index (χ0) is 13.1. The van der Waals surface area contributed by atoms with Crippen molar-refractivity contribution >= 4 is 15.9 Å². The van der Waals surface area contributed by atoms with Gasteiger partial charge < -0.3 is 5.73 Å². The molecule has 1 aliphatic rings. The second kappa shape index (κ2) is 6.16. The molecule has 1 aromatic rings. The minimum absolute atomic E-state index is 0.162. The van der Waals surface area contributed by atoms with Gasteiger partial charge in [0.05, 0.1) is 0 Å². The molecule has 2 N–H and O–H groups in total. The highest BCUT2D eigenvalue weighted by molar-refractivity contribution is 9.10. The monoisotopic (exact) mass is 313 g/mol. The Morgan fingerprint density at radius 1 is 1.39 bits per heavy atom. The third kappa shape index (κ3) is 3.55. The van der Waals surface area contributed by atoms with E-state index >= 15 is 0 Å². The number of halogens is 2. The molecule has 0 amide bonds. The van der Waals surface area contributed by atoms with E-state index in [2.05, 4.69) is 22.9 Å². The van der Waals surface area contributed by atoms with E-state index in [-0.39, 0.29) is 11.9 Å². The summed E-state index contributed by atoms with van der Waals surface area (Å²) in [5, 5.41) is 0. The van der Waals surface area contributed by atoms with Gasteiger partial charge >= 0.3 is 0 Å². The Morgan fingerprint density at radius 2 is 2.17 bits per heavy atom. The second-order valence-corrected chi connectivity index (χ2v) is 6.41. The molecular formula is C15H21BrFN. The topological polar surface area (TPSA) is 26.0 Å². The molecule has 0 saturated heterocycles. The first-order valence-electron chi connectivity index (χ1n) is 6.79. The van der Waals surface area contributed by atoms with E-state index in [1.54, 1.807) is 6.07 Å². The normalized spacial score (nSPS) is 25.3. The molecule has 0 spiro atoms. The van der Waals surface area contributed by atoms with Crippen LogP contribution in [0.4, 0.5) is 4.39 Å². The molecule has 1 saturated carbocycles. The van der Waals surface area contributed by atoms with Gasteiger partial charge in [0.2, 0.25) is 0 Å². The fourth-order valence-corrected chi connectivity index (χ4v) is 3.55. The van der Waals surface area contributed by atoms with Crippen LogP contribution in [0.1, 0.15) is 38.2 Å². The van der Waals surface area contributed by atoms with Crippen LogP contribution in [-0.2, 0) is 6.42 Å². The van der Waals surface area contributed by atoms with Gasteiger partial charge in [-0.3, -0.25) is 0 Å². The smallest absolute Gasteiger partial charge is 0.124 e. The first-order chi connectivity index (χ1) is 8.58. The van der Waals surface area contributed by atoms with Crippen molar-refractivity contribution in [3.05, 3.63) is 34.1 Å². The van der Waals surface area contributed by atoms with Gasteiger partial charge in [0, 0.05) is 10.5 Å². The number of hydrogen-bond acceptors (Lipinski definition) is 1. The number of nitrogens with two attached hydrogens (primary N) is 1. The first-order valence-corrected chi connectivity index (χ1v) is 7.58. The van der Waals surface area contributed by atoms with E-state index in [4.69, 9.17) is 5.73 Å². The summed E-state index contributed by atoms with van der Waals surface area (Å²) >= 11 is 3.33. The van der Waals surface area contributed by atoms with Crippen LogP contribution in [0.15, 0.2) is 22.7 Å². The van der Waals surface area contributed by atoms with Crippen molar-refractivity contribution in [2.45, 2.75) is 45.1 Å². The van der Waals surface area contributed by atoms with Crippen molar-refractivity contribution in [2.24, 2.45) is 17.6 Å². The summed E-state index contributed by atoms with van der Waals surface area (Å²) in [6, 6.07) is 5.21. The van der Waals surface area contributed by atoms with Crippen molar-refractivity contribution in [1.29, 1.82) is 0 Å². The Balaban J connectivity index is 1.96. The predicted octanol–water partition coefficient (Wildman–Crippen LogP) is 4.28. The maximum atomic E-state index is 13.3. The van der Waals surface area contributed by atoms with Crippen LogP contribution in [0.25, 0.3) is 0 Å². The molecule has 1 aliphatic carbocycles. The maximum Gasteiger partial charge on any atom is 0.124 e. The van der Waals surface area contributed by atoms with Crippen molar-refractivity contribution in [2.75, 3.05) is 0 Å². The summed E-state index contributed by atoms with van der Waals surface area (Å²) in [7, 11) is 0. The molecule has 0 bridgehead atoms. The van der Waals surface area contributed by atoms with Crippen LogP contribution in [-0.4, -0.2) is 6.04 Å². The highest BCUT2D eigenvalue weighted by Gasteiger charge is 2.28. The molecule has 1 fully saturated rings. The first kappa shape index (κ1) is 14.0. The average Bonchev–Trinajstić information content (AvgIpc) is 2.75. The second-order valence-electron chi connectivity index (χ2n) is 5.49. The van der Waals surface area contributed by atoms with E-state index in [1.807, 2.05) is 6.07 Å². The predicted molar refractivity (Wildman–Crippen MR) is 76.9 cm³/mol. The molecule has 3 atom stereocenters. The lowest BCUT2D eigenvalue weighted by Crippen LogP contribution is -2.31. The quantitative estimate of drug-likeness (QED) is 0.882. The van der Waals surface area contributed by atoms with E-state index in [0.717, 1.165) is 22.4 Å². The van der Waals surface area contributed by atoms with Crippen LogP contribution in [0.2, 0.25) is 0 Å². The third-order valence-electron chi connectivity index (χ3n) is 4.16. The largest absolute Gasteiger partial charge is 0.327 e. The van der Waals surface area contributed by atoms with Gasteiger partial charge in [-0.1, -0.05) is 35.7 Å². The van der Waals surface area contributed by atoms with Crippen LogP contribution in [0.5, 0.6) is 0 Å². The van der Waals surface area contributed by atoms with E-state index in [9.17, 15) is 4.39 Å². The minimum atomic E-state index is -0.190. The highest BCUT2D eigenvalue weighted by Crippen LogP contribution is 2.35. The SMILES string of the molecule is CCC1CCC(C(N)Cc2cc(F)cc(Br)c2)C1. The molecule has 18 heavy (non-hydrogen) atoms. The van der Waals surface area contributed by atoms with Crippen LogP contribution in [0.3, 0.4) is 0 Å². The number of rotatable bonds is 4. The minimum Gasteiger partial charge on any atom is -0.327 e. The van der Waals surface area contributed by atoms with Crippen molar-refractivity contribution in [3.63, 3.8) is 0 Å². The zero-order valence-electron chi connectivity index (χ0n) is 10.8. The lowest BCUT2D eigenvalue weighted by Gasteiger charge is -2.19. The van der Waals surface area contributed by atoms with Crippen LogP contribution in [0, 0.1) is 17.7 Å². The summed E-state index contributed by atoms with van der Waals surface area (Å²) in [6.07, 6.45) is 5.82. The third-order valence-corrected chi connectivity index (χ3v) is 4.62. The summed E-state index contributed by atoms with van der Waals surface area (Å²) < 4.78 is 14.1. The molecule has 2 rings (SSSR count). The molecule has 3 heteroatoms. The van der Waals surface area contributed by atoms with Gasteiger partial charge in [0.1, 0.15) is 5.82 Å². The molecule has 0 radical (unpaired) electrons. The van der Waals surface area contributed by atoms with E-state index in [0.29, 0.717) is 5.92 Å². The Hall–Kier alpha value is -0.410. The molecule has 1 nitrogen and oxygen atoms in total. The van der Waals surface area contributed by atoms with Crippen molar-refractivity contribution < 1.29 is 4.39 Å². The van der Waals surface area contributed by atoms with Crippen molar-refractivity contribution in [3.8, 4) is 0 Å². The fourth-order valence-electron chi connectivity index (χ4n) is 3.04. The Kier molecular flexibility index (Phi) is 4.79. The molecule has 100 valence electrons. The molecule has 0 heterocycles. The molecule has 1 aromatic carbocycles. The van der Waals surface area contributed by atoms with E-state index < -0.39 is 0 Å².